The predicted octanol–water partition coefficient (Wildman–Crippen LogP) is 6.19. The number of rotatable bonds is 8. The lowest BCUT2D eigenvalue weighted by molar-refractivity contribution is -0.141. The molecule has 1 unspecified atom stereocenters. The zero-order valence-electron chi connectivity index (χ0n) is 17.8. The summed E-state index contributed by atoms with van der Waals surface area (Å²) in [5.41, 5.74) is 0.837. The average molecular weight is 500 g/mol. The van der Waals surface area contributed by atoms with E-state index in [1.807, 2.05) is 6.92 Å². The summed E-state index contributed by atoms with van der Waals surface area (Å²) in [6.45, 7) is 1.99. The Morgan fingerprint density at radius 3 is 2.44 bits per heavy atom. The molecular weight excluding hydrogens is 474 g/mol. The maximum atomic E-state index is 14.3. The number of hydrogen-bond donors (Lipinski definition) is 1. The van der Waals surface area contributed by atoms with Gasteiger partial charge in [-0.05, 0) is 49.1 Å². The molecule has 0 aromatic heterocycles. The molecule has 0 bridgehead atoms. The molecule has 1 saturated carbocycles. The fraction of sp³-hybridized carbons (Fsp3) is 0.417. The summed E-state index contributed by atoms with van der Waals surface area (Å²) in [6, 6.07) is 8.79. The molecule has 1 N–H and O–H groups in total. The molecule has 172 valence electrons. The Morgan fingerprint density at radius 1 is 1.09 bits per heavy atom. The molecule has 4 nitrogen and oxygen atoms in total. The van der Waals surface area contributed by atoms with Crippen molar-refractivity contribution in [2.75, 3.05) is 0 Å². The van der Waals surface area contributed by atoms with E-state index >= 15 is 0 Å². The molecule has 0 heterocycles. The van der Waals surface area contributed by atoms with Gasteiger partial charge >= 0.3 is 0 Å². The second kappa shape index (κ2) is 11.4. The van der Waals surface area contributed by atoms with E-state index in [1.165, 1.54) is 17.0 Å². The van der Waals surface area contributed by atoms with Crippen LogP contribution in [0.25, 0.3) is 0 Å². The van der Waals surface area contributed by atoms with Crippen molar-refractivity contribution < 1.29 is 14.0 Å². The van der Waals surface area contributed by atoms with Gasteiger partial charge in [-0.1, -0.05) is 66.7 Å². The van der Waals surface area contributed by atoms with Gasteiger partial charge in [-0.2, -0.15) is 0 Å². The minimum Gasteiger partial charge on any atom is -0.352 e. The van der Waals surface area contributed by atoms with Crippen LogP contribution in [0.2, 0.25) is 15.1 Å². The summed E-state index contributed by atoms with van der Waals surface area (Å²) in [4.78, 5) is 28.0. The Balaban J connectivity index is 1.88. The molecule has 2 aromatic rings. The topological polar surface area (TPSA) is 49.4 Å². The Morgan fingerprint density at radius 2 is 1.81 bits per heavy atom. The first-order valence-electron chi connectivity index (χ1n) is 10.8. The van der Waals surface area contributed by atoms with Crippen molar-refractivity contribution in [2.24, 2.45) is 0 Å². The second-order valence-corrected chi connectivity index (χ2v) is 9.28. The number of carbonyl (C=O) groups is 2. The van der Waals surface area contributed by atoms with Crippen LogP contribution in [0.15, 0.2) is 36.4 Å². The van der Waals surface area contributed by atoms with E-state index < -0.39 is 17.8 Å². The molecule has 32 heavy (non-hydrogen) atoms. The summed E-state index contributed by atoms with van der Waals surface area (Å²) in [7, 11) is 0. The van der Waals surface area contributed by atoms with Gasteiger partial charge in [0.1, 0.15) is 11.9 Å². The van der Waals surface area contributed by atoms with Crippen LogP contribution in [0.1, 0.15) is 50.2 Å². The van der Waals surface area contributed by atoms with Crippen molar-refractivity contribution in [2.45, 2.75) is 64.1 Å². The van der Waals surface area contributed by atoms with Gasteiger partial charge in [0.25, 0.3) is 0 Å². The van der Waals surface area contributed by atoms with Crippen LogP contribution < -0.4 is 5.32 Å². The van der Waals surface area contributed by atoms with E-state index in [9.17, 15) is 14.0 Å². The lowest BCUT2D eigenvalue weighted by atomic mass is 10.1. The van der Waals surface area contributed by atoms with Crippen LogP contribution in [-0.4, -0.2) is 28.8 Å². The highest BCUT2D eigenvalue weighted by atomic mass is 35.5. The van der Waals surface area contributed by atoms with Crippen LogP contribution in [-0.2, 0) is 22.6 Å². The van der Waals surface area contributed by atoms with Gasteiger partial charge < -0.3 is 10.2 Å². The summed E-state index contributed by atoms with van der Waals surface area (Å²) < 4.78 is 14.3. The van der Waals surface area contributed by atoms with Crippen molar-refractivity contribution in [3.8, 4) is 0 Å². The maximum Gasteiger partial charge on any atom is 0.243 e. The quantitative estimate of drug-likeness (QED) is 0.470. The SMILES string of the molecule is CCC(C(=O)NC1CCCC1)N(Cc1ccc(Cl)c(Cl)c1)C(=O)Cc1c(F)cccc1Cl. The number of carbonyl (C=O) groups excluding carboxylic acids is 2. The molecule has 2 amide bonds. The van der Waals surface area contributed by atoms with Crippen molar-refractivity contribution >= 4 is 46.6 Å². The van der Waals surface area contributed by atoms with Gasteiger partial charge in [0.2, 0.25) is 11.8 Å². The van der Waals surface area contributed by atoms with E-state index in [0.717, 1.165) is 31.2 Å². The number of nitrogens with zero attached hydrogens (tertiary/aromatic N) is 1. The average Bonchev–Trinajstić information content (AvgIpc) is 3.26. The van der Waals surface area contributed by atoms with E-state index in [-0.39, 0.29) is 35.5 Å². The predicted molar refractivity (Wildman–Crippen MR) is 127 cm³/mol. The van der Waals surface area contributed by atoms with Crippen molar-refractivity contribution in [3.05, 3.63) is 68.4 Å². The number of halogens is 4. The minimum atomic E-state index is -0.705. The first-order valence-corrected chi connectivity index (χ1v) is 11.9. The standard InChI is InChI=1S/C24H26Cl3FN2O2/c1-2-22(24(32)29-16-6-3-4-7-16)30(14-15-10-11-19(26)20(27)12-15)23(31)13-17-18(25)8-5-9-21(17)28/h5,8-12,16,22H,2-4,6-7,13-14H2,1H3,(H,29,32). The largest absolute Gasteiger partial charge is 0.352 e. The summed E-state index contributed by atoms with van der Waals surface area (Å²) in [5.74, 6) is -1.15. The van der Waals surface area contributed by atoms with Crippen LogP contribution in [0.3, 0.4) is 0 Å². The highest BCUT2D eigenvalue weighted by molar-refractivity contribution is 6.42. The fourth-order valence-electron chi connectivity index (χ4n) is 4.08. The molecule has 1 atom stereocenters. The van der Waals surface area contributed by atoms with Gasteiger partial charge in [0, 0.05) is 23.2 Å². The Bertz CT molecular complexity index is 959. The van der Waals surface area contributed by atoms with E-state index in [0.29, 0.717) is 16.5 Å². The third-order valence-electron chi connectivity index (χ3n) is 5.81. The molecule has 0 aliphatic heterocycles. The minimum absolute atomic E-state index is 0.115. The molecule has 1 fully saturated rings. The highest BCUT2D eigenvalue weighted by Gasteiger charge is 2.31. The Kier molecular flexibility index (Phi) is 8.80. The maximum absolute atomic E-state index is 14.3. The molecule has 2 aromatic carbocycles. The van der Waals surface area contributed by atoms with Gasteiger partial charge in [-0.25, -0.2) is 4.39 Å². The number of amides is 2. The van der Waals surface area contributed by atoms with Crippen LogP contribution >= 0.6 is 34.8 Å². The van der Waals surface area contributed by atoms with E-state index in [2.05, 4.69) is 5.32 Å². The second-order valence-electron chi connectivity index (χ2n) is 8.06. The number of benzene rings is 2. The van der Waals surface area contributed by atoms with Crippen LogP contribution in [0.4, 0.5) is 4.39 Å². The molecule has 3 rings (SSSR count). The van der Waals surface area contributed by atoms with Gasteiger partial charge in [-0.3, -0.25) is 9.59 Å². The lowest BCUT2D eigenvalue weighted by Crippen LogP contribution is -2.51. The van der Waals surface area contributed by atoms with Crippen LogP contribution in [0.5, 0.6) is 0 Å². The first-order chi connectivity index (χ1) is 15.3. The fourth-order valence-corrected chi connectivity index (χ4v) is 4.63. The number of nitrogens with one attached hydrogen (secondary N) is 1. The van der Waals surface area contributed by atoms with E-state index in [4.69, 9.17) is 34.8 Å². The van der Waals surface area contributed by atoms with Crippen molar-refractivity contribution in [3.63, 3.8) is 0 Å². The zero-order valence-corrected chi connectivity index (χ0v) is 20.1. The third kappa shape index (κ3) is 6.15. The Hall–Kier alpha value is -1.82. The van der Waals surface area contributed by atoms with Gasteiger partial charge in [0.15, 0.2) is 0 Å². The zero-order chi connectivity index (χ0) is 23.3. The normalized spacial score (nSPS) is 14.9. The molecule has 0 radical (unpaired) electrons. The number of hydrogen-bond acceptors (Lipinski definition) is 2. The molecule has 1 aliphatic carbocycles. The van der Waals surface area contributed by atoms with Crippen LogP contribution in [0, 0.1) is 5.82 Å². The van der Waals surface area contributed by atoms with E-state index in [1.54, 1.807) is 24.3 Å². The summed E-state index contributed by atoms with van der Waals surface area (Å²) in [5, 5.41) is 4.01. The van der Waals surface area contributed by atoms with Gasteiger partial charge in [-0.15, -0.1) is 0 Å². The lowest BCUT2D eigenvalue weighted by Gasteiger charge is -2.32. The third-order valence-corrected chi connectivity index (χ3v) is 6.91. The molecular formula is C24H26Cl3FN2O2. The molecule has 0 spiro atoms. The first kappa shape index (κ1) is 24.8. The summed E-state index contributed by atoms with van der Waals surface area (Å²) in [6.07, 6.45) is 4.21. The molecule has 8 heteroatoms. The van der Waals surface area contributed by atoms with Crippen molar-refractivity contribution in [1.29, 1.82) is 0 Å². The molecule has 1 aliphatic rings. The van der Waals surface area contributed by atoms with Crippen molar-refractivity contribution in [1.82, 2.24) is 10.2 Å². The highest BCUT2D eigenvalue weighted by Crippen LogP contribution is 2.26. The Labute approximate surface area is 203 Å². The monoisotopic (exact) mass is 498 g/mol. The van der Waals surface area contributed by atoms with Gasteiger partial charge in [0.05, 0.1) is 16.5 Å². The molecule has 0 saturated heterocycles. The summed E-state index contributed by atoms with van der Waals surface area (Å²) >= 11 is 18.3. The smallest absolute Gasteiger partial charge is 0.243 e.